The number of rotatable bonds is 6. The molecule has 1 aromatic rings. The molecule has 1 unspecified atom stereocenters. The zero-order valence-corrected chi connectivity index (χ0v) is 10.2. The lowest BCUT2D eigenvalue weighted by atomic mass is 9.92. The highest BCUT2D eigenvalue weighted by Gasteiger charge is 2.26. The highest BCUT2D eigenvalue weighted by molar-refractivity contribution is 5.78. The van der Waals surface area contributed by atoms with Crippen molar-refractivity contribution in [2.45, 2.75) is 19.8 Å². The maximum absolute atomic E-state index is 11.0. The van der Waals surface area contributed by atoms with E-state index in [1.54, 1.807) is 13.0 Å². The van der Waals surface area contributed by atoms with Crippen molar-refractivity contribution in [3.05, 3.63) is 39.4 Å². The first-order valence-corrected chi connectivity index (χ1v) is 5.50. The minimum atomic E-state index is -1.28. The summed E-state index contributed by atoms with van der Waals surface area (Å²) in [6, 6.07) is 4.41. The molecule has 1 aromatic carbocycles. The van der Waals surface area contributed by atoms with Crippen LogP contribution in [0.5, 0.6) is 0 Å². The maximum Gasteiger partial charge on any atom is 0.307 e. The van der Waals surface area contributed by atoms with Crippen molar-refractivity contribution in [2.24, 2.45) is 5.92 Å². The molecule has 0 heterocycles. The van der Waals surface area contributed by atoms with Gasteiger partial charge in [0.2, 0.25) is 0 Å². The number of aliphatic carboxylic acids is 2. The second kappa shape index (κ2) is 5.94. The summed E-state index contributed by atoms with van der Waals surface area (Å²) >= 11 is 0. The van der Waals surface area contributed by atoms with Gasteiger partial charge in [0.1, 0.15) is 0 Å². The average Bonchev–Trinajstić information content (AvgIpc) is 2.29. The summed E-state index contributed by atoms with van der Waals surface area (Å²) in [7, 11) is 0. The van der Waals surface area contributed by atoms with E-state index in [-0.39, 0.29) is 17.7 Å². The van der Waals surface area contributed by atoms with Crippen LogP contribution in [-0.2, 0) is 16.0 Å². The van der Waals surface area contributed by atoms with Crippen LogP contribution in [-0.4, -0.2) is 27.1 Å². The van der Waals surface area contributed by atoms with Crippen molar-refractivity contribution in [3.63, 3.8) is 0 Å². The number of nitrogens with zero attached hydrogens (tertiary/aromatic N) is 1. The van der Waals surface area contributed by atoms with E-state index >= 15 is 0 Å². The van der Waals surface area contributed by atoms with E-state index in [4.69, 9.17) is 10.2 Å². The molecule has 7 nitrogen and oxygen atoms in total. The Balaban J connectivity index is 3.11. The number of aryl methyl sites for hydroxylation is 1. The Labute approximate surface area is 108 Å². The van der Waals surface area contributed by atoms with Crippen LogP contribution in [0.1, 0.15) is 17.5 Å². The molecule has 2 N–H and O–H groups in total. The first-order chi connectivity index (χ1) is 8.82. The van der Waals surface area contributed by atoms with Crippen molar-refractivity contribution >= 4 is 17.6 Å². The topological polar surface area (TPSA) is 118 Å². The van der Waals surface area contributed by atoms with Crippen molar-refractivity contribution in [1.29, 1.82) is 0 Å². The zero-order chi connectivity index (χ0) is 14.6. The molecule has 7 heteroatoms. The third-order valence-corrected chi connectivity index (χ3v) is 2.80. The van der Waals surface area contributed by atoms with Gasteiger partial charge in [-0.3, -0.25) is 19.7 Å². The summed E-state index contributed by atoms with van der Waals surface area (Å²) in [5.41, 5.74) is 0.656. The predicted molar refractivity (Wildman–Crippen MR) is 64.9 cm³/mol. The van der Waals surface area contributed by atoms with E-state index in [1.807, 2.05) is 0 Å². The van der Waals surface area contributed by atoms with E-state index in [9.17, 15) is 19.7 Å². The normalized spacial score (nSPS) is 11.8. The van der Waals surface area contributed by atoms with Crippen LogP contribution in [0, 0.1) is 23.0 Å². The monoisotopic (exact) mass is 267 g/mol. The van der Waals surface area contributed by atoms with Crippen LogP contribution in [0.3, 0.4) is 0 Å². The highest BCUT2D eigenvalue weighted by atomic mass is 16.6. The molecule has 19 heavy (non-hydrogen) atoms. The van der Waals surface area contributed by atoms with Crippen LogP contribution < -0.4 is 0 Å². The van der Waals surface area contributed by atoms with Crippen LogP contribution >= 0.6 is 0 Å². The Morgan fingerprint density at radius 1 is 1.37 bits per heavy atom. The van der Waals surface area contributed by atoms with Crippen molar-refractivity contribution in [3.8, 4) is 0 Å². The smallest absolute Gasteiger partial charge is 0.307 e. The van der Waals surface area contributed by atoms with Gasteiger partial charge in [-0.15, -0.1) is 0 Å². The van der Waals surface area contributed by atoms with Crippen LogP contribution in [0.25, 0.3) is 0 Å². The SMILES string of the molecule is Cc1cccc([N+](=O)[O-])c1CC(CC(=O)O)C(=O)O. The second-order valence-corrected chi connectivity index (χ2v) is 4.17. The number of carbonyl (C=O) groups is 2. The largest absolute Gasteiger partial charge is 0.481 e. The Bertz CT molecular complexity index is 525. The summed E-state index contributed by atoms with van der Waals surface area (Å²) in [4.78, 5) is 31.9. The van der Waals surface area contributed by atoms with Gasteiger partial charge in [0.15, 0.2) is 0 Å². The van der Waals surface area contributed by atoms with Gasteiger partial charge in [0.25, 0.3) is 5.69 Å². The number of benzene rings is 1. The predicted octanol–water partition coefficient (Wildman–Crippen LogP) is 1.62. The summed E-state index contributed by atoms with van der Waals surface area (Å²) in [6.45, 7) is 1.63. The van der Waals surface area contributed by atoms with Crippen molar-refractivity contribution in [2.75, 3.05) is 0 Å². The fraction of sp³-hybridized carbons (Fsp3) is 0.333. The number of nitro groups is 1. The van der Waals surface area contributed by atoms with Crippen molar-refractivity contribution in [1.82, 2.24) is 0 Å². The lowest BCUT2D eigenvalue weighted by Crippen LogP contribution is -2.21. The Morgan fingerprint density at radius 3 is 2.47 bits per heavy atom. The average molecular weight is 267 g/mol. The van der Waals surface area contributed by atoms with Gasteiger partial charge in [0, 0.05) is 11.6 Å². The Morgan fingerprint density at radius 2 is 2.00 bits per heavy atom. The molecule has 1 rings (SSSR count). The molecule has 0 amide bonds. The molecule has 1 atom stereocenters. The Kier molecular flexibility index (Phi) is 4.57. The van der Waals surface area contributed by atoms with Gasteiger partial charge in [-0.25, -0.2) is 0 Å². The van der Waals surface area contributed by atoms with E-state index < -0.39 is 29.2 Å². The zero-order valence-electron chi connectivity index (χ0n) is 10.2. The molecule has 0 saturated heterocycles. The van der Waals surface area contributed by atoms with E-state index in [0.29, 0.717) is 5.56 Å². The molecule has 102 valence electrons. The summed E-state index contributed by atoms with van der Waals surface area (Å²) in [6.07, 6.45) is -0.745. The molecular formula is C12H13NO6. The van der Waals surface area contributed by atoms with E-state index in [2.05, 4.69) is 0 Å². The lowest BCUT2D eigenvalue weighted by Gasteiger charge is -2.12. The molecule has 0 radical (unpaired) electrons. The van der Waals surface area contributed by atoms with Gasteiger partial charge >= 0.3 is 11.9 Å². The fourth-order valence-electron chi connectivity index (χ4n) is 1.83. The quantitative estimate of drug-likeness (QED) is 0.597. The first kappa shape index (κ1) is 14.6. The van der Waals surface area contributed by atoms with Gasteiger partial charge < -0.3 is 10.2 Å². The molecular weight excluding hydrogens is 254 g/mol. The molecule has 0 aliphatic heterocycles. The number of carboxylic acid groups (broad SMARTS) is 2. The molecule has 0 aliphatic rings. The first-order valence-electron chi connectivity index (χ1n) is 5.50. The Hall–Kier alpha value is -2.44. The highest BCUT2D eigenvalue weighted by Crippen LogP contribution is 2.26. The standard InChI is InChI=1S/C12H13NO6/c1-7-3-2-4-10(13(18)19)9(7)5-8(12(16)17)6-11(14)15/h2-4,8H,5-6H2,1H3,(H,14,15)(H,16,17). The third-order valence-electron chi connectivity index (χ3n) is 2.80. The van der Waals surface area contributed by atoms with Crippen LogP contribution in [0.2, 0.25) is 0 Å². The summed E-state index contributed by atoms with van der Waals surface area (Å²) < 4.78 is 0. The van der Waals surface area contributed by atoms with E-state index in [0.717, 1.165) is 0 Å². The van der Waals surface area contributed by atoms with Gasteiger partial charge in [0.05, 0.1) is 17.3 Å². The molecule has 0 saturated carbocycles. The molecule has 0 bridgehead atoms. The third kappa shape index (κ3) is 3.77. The molecule has 0 fully saturated rings. The minimum absolute atomic E-state index is 0.176. The van der Waals surface area contributed by atoms with Gasteiger partial charge in [-0.1, -0.05) is 12.1 Å². The number of hydrogen-bond acceptors (Lipinski definition) is 4. The van der Waals surface area contributed by atoms with Gasteiger partial charge in [-0.05, 0) is 18.9 Å². The fourth-order valence-corrected chi connectivity index (χ4v) is 1.83. The minimum Gasteiger partial charge on any atom is -0.481 e. The summed E-state index contributed by atoms with van der Waals surface area (Å²) in [5.74, 6) is -3.71. The second-order valence-electron chi connectivity index (χ2n) is 4.17. The van der Waals surface area contributed by atoms with E-state index in [1.165, 1.54) is 12.1 Å². The molecule has 0 aliphatic carbocycles. The lowest BCUT2D eigenvalue weighted by molar-refractivity contribution is -0.385. The number of nitro benzene ring substituents is 1. The number of carboxylic acids is 2. The van der Waals surface area contributed by atoms with Crippen molar-refractivity contribution < 1.29 is 24.7 Å². The van der Waals surface area contributed by atoms with Crippen LogP contribution in [0.15, 0.2) is 18.2 Å². The molecule has 0 aromatic heterocycles. The maximum atomic E-state index is 11.0. The molecule has 0 spiro atoms. The number of hydrogen-bond donors (Lipinski definition) is 2. The van der Waals surface area contributed by atoms with Crippen LogP contribution in [0.4, 0.5) is 5.69 Å². The van der Waals surface area contributed by atoms with Gasteiger partial charge in [-0.2, -0.15) is 0 Å². The summed E-state index contributed by atoms with van der Waals surface area (Å²) in [5, 5.41) is 28.5.